The zero-order valence-electron chi connectivity index (χ0n) is 14.5. The highest BCUT2D eigenvalue weighted by atomic mass is 16.2. The van der Waals surface area contributed by atoms with Crippen LogP contribution in [0.5, 0.6) is 0 Å². The molecule has 0 aliphatic heterocycles. The predicted molar refractivity (Wildman–Crippen MR) is 101 cm³/mol. The van der Waals surface area contributed by atoms with E-state index in [-0.39, 0.29) is 23.8 Å². The Kier molecular flexibility index (Phi) is 5.03. The summed E-state index contributed by atoms with van der Waals surface area (Å²) in [6.07, 6.45) is 1.97. The Labute approximate surface area is 147 Å². The molecule has 0 bridgehead atoms. The molecule has 130 valence electrons. The maximum absolute atomic E-state index is 12.3. The molecule has 5 heteroatoms. The van der Waals surface area contributed by atoms with Crippen molar-refractivity contribution in [3.8, 4) is 0 Å². The minimum Gasteiger partial charge on any atom is -0.374 e. The highest BCUT2D eigenvalue weighted by Gasteiger charge is 2.29. The first-order chi connectivity index (χ1) is 12.0. The van der Waals surface area contributed by atoms with E-state index in [0.717, 1.165) is 35.5 Å². The van der Waals surface area contributed by atoms with Crippen LogP contribution in [0.25, 0.3) is 0 Å². The van der Waals surface area contributed by atoms with Crippen LogP contribution >= 0.6 is 0 Å². The van der Waals surface area contributed by atoms with E-state index >= 15 is 0 Å². The molecule has 1 aliphatic carbocycles. The van der Waals surface area contributed by atoms with Crippen molar-refractivity contribution in [1.82, 2.24) is 0 Å². The summed E-state index contributed by atoms with van der Waals surface area (Å²) in [7, 11) is 0. The molecular formula is C20H23N3O2. The van der Waals surface area contributed by atoms with Crippen LogP contribution in [0.15, 0.2) is 48.5 Å². The van der Waals surface area contributed by atoms with Gasteiger partial charge in [-0.2, -0.15) is 0 Å². The third-order valence-corrected chi connectivity index (χ3v) is 4.28. The summed E-state index contributed by atoms with van der Waals surface area (Å²) < 4.78 is 0. The highest BCUT2D eigenvalue weighted by Crippen LogP contribution is 2.30. The molecule has 2 aromatic carbocycles. The summed E-state index contributed by atoms with van der Waals surface area (Å²) in [6.45, 7) is 3.78. The first kappa shape index (κ1) is 17.0. The normalized spacial score (nSPS) is 14.5. The van der Waals surface area contributed by atoms with Gasteiger partial charge in [-0.1, -0.05) is 18.2 Å². The largest absolute Gasteiger partial charge is 0.374 e. The van der Waals surface area contributed by atoms with Gasteiger partial charge >= 0.3 is 0 Å². The highest BCUT2D eigenvalue weighted by molar-refractivity contribution is 5.97. The van der Waals surface area contributed by atoms with Gasteiger partial charge in [0, 0.05) is 23.0 Å². The molecule has 0 saturated heterocycles. The molecule has 0 unspecified atom stereocenters. The molecule has 0 aromatic heterocycles. The van der Waals surface area contributed by atoms with Crippen LogP contribution in [0, 0.1) is 12.8 Å². The second kappa shape index (κ2) is 7.38. The van der Waals surface area contributed by atoms with E-state index in [9.17, 15) is 9.59 Å². The number of anilines is 3. The number of rotatable bonds is 6. The topological polar surface area (TPSA) is 70.2 Å². The lowest BCUT2D eigenvalue weighted by atomic mass is 10.2. The molecule has 0 spiro atoms. The number of hydrogen-bond donors (Lipinski definition) is 3. The molecule has 3 N–H and O–H groups in total. The Balaban J connectivity index is 1.54. The van der Waals surface area contributed by atoms with Crippen LogP contribution in [0.4, 0.5) is 17.1 Å². The molecule has 1 aliphatic rings. The van der Waals surface area contributed by atoms with Gasteiger partial charge in [0.2, 0.25) is 11.8 Å². The zero-order valence-corrected chi connectivity index (χ0v) is 14.5. The summed E-state index contributed by atoms with van der Waals surface area (Å²) in [6, 6.07) is 14.7. The number of benzene rings is 2. The average Bonchev–Trinajstić information content (AvgIpc) is 3.43. The Morgan fingerprint density at radius 3 is 2.24 bits per heavy atom. The number of aryl methyl sites for hydroxylation is 1. The molecule has 3 rings (SSSR count). The second-order valence-corrected chi connectivity index (χ2v) is 6.51. The summed E-state index contributed by atoms with van der Waals surface area (Å²) >= 11 is 0. The second-order valence-electron chi connectivity index (χ2n) is 6.51. The summed E-state index contributed by atoms with van der Waals surface area (Å²) in [5.74, 6) is 0.176. The van der Waals surface area contributed by atoms with Crippen molar-refractivity contribution in [2.75, 3.05) is 16.0 Å². The number of amides is 2. The lowest BCUT2D eigenvalue weighted by Gasteiger charge is -2.16. The molecule has 25 heavy (non-hydrogen) atoms. The van der Waals surface area contributed by atoms with E-state index in [1.807, 2.05) is 62.4 Å². The summed E-state index contributed by atoms with van der Waals surface area (Å²) in [4.78, 5) is 24.1. The fourth-order valence-electron chi connectivity index (χ4n) is 2.51. The molecular weight excluding hydrogens is 314 g/mol. The Bertz CT molecular complexity index is 767. The lowest BCUT2D eigenvalue weighted by Crippen LogP contribution is -2.32. The van der Waals surface area contributed by atoms with Crippen LogP contribution in [0.3, 0.4) is 0 Å². The SMILES string of the molecule is Cc1ccccc1NC(=O)[C@@H](C)Nc1ccc(NC(=O)C2CC2)cc1. The van der Waals surface area contributed by atoms with Gasteiger partial charge in [-0.25, -0.2) is 0 Å². The van der Waals surface area contributed by atoms with Crippen molar-refractivity contribution in [2.24, 2.45) is 5.92 Å². The average molecular weight is 337 g/mol. The van der Waals surface area contributed by atoms with Crippen LogP contribution in [0.1, 0.15) is 25.3 Å². The first-order valence-electron chi connectivity index (χ1n) is 8.57. The molecule has 5 nitrogen and oxygen atoms in total. The number of carbonyl (C=O) groups is 2. The van der Waals surface area contributed by atoms with E-state index in [0.29, 0.717) is 0 Å². The van der Waals surface area contributed by atoms with E-state index < -0.39 is 0 Å². The fraction of sp³-hybridized carbons (Fsp3) is 0.300. The lowest BCUT2D eigenvalue weighted by molar-refractivity contribution is -0.117. The molecule has 1 fully saturated rings. The maximum Gasteiger partial charge on any atom is 0.246 e. The summed E-state index contributed by atoms with van der Waals surface area (Å²) in [5, 5.41) is 9.00. The Hall–Kier alpha value is -2.82. The number of carbonyl (C=O) groups excluding carboxylic acids is 2. The van der Waals surface area contributed by atoms with Gasteiger partial charge in [-0.15, -0.1) is 0 Å². The minimum absolute atomic E-state index is 0.0895. The minimum atomic E-state index is -0.383. The van der Waals surface area contributed by atoms with Crippen molar-refractivity contribution >= 4 is 28.9 Å². The molecule has 0 radical (unpaired) electrons. The number of hydrogen-bond acceptors (Lipinski definition) is 3. The predicted octanol–water partition coefficient (Wildman–Crippen LogP) is 3.78. The fourth-order valence-corrected chi connectivity index (χ4v) is 2.51. The van der Waals surface area contributed by atoms with Crippen molar-refractivity contribution < 1.29 is 9.59 Å². The first-order valence-corrected chi connectivity index (χ1v) is 8.57. The van der Waals surface area contributed by atoms with Gasteiger partial charge in [-0.3, -0.25) is 9.59 Å². The van der Waals surface area contributed by atoms with Crippen molar-refractivity contribution in [2.45, 2.75) is 32.7 Å². The zero-order chi connectivity index (χ0) is 17.8. The molecule has 2 aromatic rings. The van der Waals surface area contributed by atoms with Gasteiger partial charge in [-0.05, 0) is 62.6 Å². The smallest absolute Gasteiger partial charge is 0.246 e. The van der Waals surface area contributed by atoms with Crippen molar-refractivity contribution in [3.63, 3.8) is 0 Å². The van der Waals surface area contributed by atoms with Gasteiger partial charge in [0.1, 0.15) is 6.04 Å². The molecule has 1 saturated carbocycles. The molecule has 1 atom stereocenters. The van der Waals surface area contributed by atoms with Crippen LogP contribution in [0.2, 0.25) is 0 Å². The third-order valence-electron chi connectivity index (χ3n) is 4.28. The van der Waals surface area contributed by atoms with Crippen molar-refractivity contribution in [3.05, 3.63) is 54.1 Å². The van der Waals surface area contributed by atoms with Crippen LogP contribution < -0.4 is 16.0 Å². The standard InChI is InChI=1S/C20H23N3O2/c1-13-5-3-4-6-18(13)23-19(24)14(2)21-16-9-11-17(12-10-16)22-20(25)15-7-8-15/h3-6,9-12,14-15,21H,7-8H2,1-2H3,(H,22,25)(H,23,24)/t14-/m1/s1. The monoisotopic (exact) mass is 337 g/mol. The Morgan fingerprint density at radius 1 is 0.960 bits per heavy atom. The van der Waals surface area contributed by atoms with Gasteiger partial charge < -0.3 is 16.0 Å². The van der Waals surface area contributed by atoms with E-state index in [1.54, 1.807) is 0 Å². The van der Waals surface area contributed by atoms with Crippen LogP contribution in [-0.2, 0) is 9.59 Å². The van der Waals surface area contributed by atoms with Gasteiger partial charge in [0.25, 0.3) is 0 Å². The maximum atomic E-state index is 12.3. The van der Waals surface area contributed by atoms with E-state index in [4.69, 9.17) is 0 Å². The quantitative estimate of drug-likeness (QED) is 0.751. The van der Waals surface area contributed by atoms with Gasteiger partial charge in [0.05, 0.1) is 0 Å². The molecule has 2 amide bonds. The van der Waals surface area contributed by atoms with E-state index in [2.05, 4.69) is 16.0 Å². The number of nitrogens with one attached hydrogen (secondary N) is 3. The van der Waals surface area contributed by atoms with Crippen molar-refractivity contribution in [1.29, 1.82) is 0 Å². The summed E-state index contributed by atoms with van der Waals surface area (Å²) in [5.41, 5.74) is 3.45. The Morgan fingerprint density at radius 2 is 1.60 bits per heavy atom. The number of para-hydroxylation sites is 1. The van der Waals surface area contributed by atoms with E-state index in [1.165, 1.54) is 0 Å². The van der Waals surface area contributed by atoms with Crippen LogP contribution in [-0.4, -0.2) is 17.9 Å². The van der Waals surface area contributed by atoms with Gasteiger partial charge in [0.15, 0.2) is 0 Å². The third kappa shape index (κ3) is 4.59. The molecule has 0 heterocycles.